The highest BCUT2D eigenvalue weighted by Crippen LogP contribution is 2.30. The van der Waals surface area contributed by atoms with E-state index in [1.807, 2.05) is 0 Å². The molecule has 1 fully saturated rings. The molecule has 2 aromatic rings. The fourth-order valence-electron chi connectivity index (χ4n) is 4.36. The van der Waals surface area contributed by atoms with Crippen molar-refractivity contribution in [2.24, 2.45) is 0 Å². The second-order valence-electron chi connectivity index (χ2n) is 8.23. The number of nitrogens with zero attached hydrogens (tertiary/aromatic N) is 3. The summed E-state index contributed by atoms with van der Waals surface area (Å²) in [6.07, 6.45) is 7.02. The zero-order valence-electron chi connectivity index (χ0n) is 16.5. The maximum absolute atomic E-state index is 12.7. The Hall–Kier alpha value is -2.14. The summed E-state index contributed by atoms with van der Waals surface area (Å²) in [5.74, 6) is 1.39. The van der Waals surface area contributed by atoms with Crippen molar-refractivity contribution in [1.82, 2.24) is 14.9 Å². The number of aromatic nitrogens is 2. The number of hydrogen-bond acceptors (Lipinski definition) is 4. The molecular weight excluding hydrogens is 336 g/mol. The van der Waals surface area contributed by atoms with Crippen molar-refractivity contribution in [1.29, 1.82) is 0 Å². The molecule has 1 aromatic carbocycles. The number of nitrogens with one attached hydrogen (secondary N) is 1. The third-order valence-corrected chi connectivity index (χ3v) is 6.02. The van der Waals surface area contributed by atoms with Crippen LogP contribution in [0.25, 0.3) is 0 Å². The Labute approximate surface area is 161 Å². The molecule has 27 heavy (non-hydrogen) atoms. The van der Waals surface area contributed by atoms with Gasteiger partial charge in [0, 0.05) is 51.8 Å². The molecule has 1 aromatic heterocycles. The Balaban J connectivity index is 1.47. The fourth-order valence-corrected chi connectivity index (χ4v) is 4.36. The number of H-pyrrole nitrogens is 1. The van der Waals surface area contributed by atoms with Crippen molar-refractivity contribution in [2.45, 2.75) is 57.5 Å². The fraction of sp³-hybridized carbons (Fsp3) is 0.545. The van der Waals surface area contributed by atoms with Crippen LogP contribution >= 0.6 is 0 Å². The molecule has 2 aliphatic rings. The van der Waals surface area contributed by atoms with Crippen LogP contribution in [0.3, 0.4) is 0 Å². The molecule has 5 nitrogen and oxygen atoms in total. The Morgan fingerprint density at radius 3 is 2.59 bits per heavy atom. The summed E-state index contributed by atoms with van der Waals surface area (Å²) in [6.45, 7) is 2.53. The molecule has 5 heteroatoms. The van der Waals surface area contributed by atoms with Crippen LogP contribution in [0.2, 0.25) is 0 Å². The maximum atomic E-state index is 12.7. The summed E-state index contributed by atoms with van der Waals surface area (Å²) in [5, 5.41) is 0. The molecule has 0 atom stereocenters. The third-order valence-electron chi connectivity index (χ3n) is 6.02. The van der Waals surface area contributed by atoms with Gasteiger partial charge in [0.2, 0.25) is 0 Å². The molecule has 1 saturated carbocycles. The van der Waals surface area contributed by atoms with E-state index in [2.05, 4.69) is 53.1 Å². The van der Waals surface area contributed by atoms with Crippen LogP contribution in [0, 0.1) is 0 Å². The van der Waals surface area contributed by atoms with E-state index in [-0.39, 0.29) is 5.56 Å². The van der Waals surface area contributed by atoms with Crippen molar-refractivity contribution in [2.75, 3.05) is 25.5 Å². The lowest BCUT2D eigenvalue weighted by molar-refractivity contribution is 0.241. The van der Waals surface area contributed by atoms with E-state index in [4.69, 9.17) is 4.98 Å². The standard InChI is InChI=1S/C22H30N4O/c1-25(2)18-10-8-16(9-11-18)14-26-13-12-20-19(15-26)22(27)24-21(23-20)17-6-4-3-5-7-17/h8-11,17H,3-7,12-15H2,1-2H3,(H,23,24,27). The Morgan fingerprint density at radius 1 is 1.15 bits per heavy atom. The number of hydrogen-bond donors (Lipinski definition) is 1. The van der Waals surface area contributed by atoms with Crippen LogP contribution in [0.15, 0.2) is 29.1 Å². The lowest BCUT2D eigenvalue weighted by Gasteiger charge is -2.29. The molecule has 0 unspecified atom stereocenters. The van der Waals surface area contributed by atoms with Gasteiger partial charge < -0.3 is 9.88 Å². The summed E-state index contributed by atoms with van der Waals surface area (Å²) >= 11 is 0. The molecule has 1 aliphatic carbocycles. The van der Waals surface area contributed by atoms with Gasteiger partial charge in [0.05, 0.1) is 11.3 Å². The van der Waals surface area contributed by atoms with Crippen LogP contribution in [0.4, 0.5) is 5.69 Å². The average Bonchev–Trinajstić information content (AvgIpc) is 2.69. The van der Waals surface area contributed by atoms with Crippen LogP contribution < -0.4 is 10.5 Å². The Kier molecular flexibility index (Phi) is 5.30. The molecule has 0 saturated heterocycles. The molecule has 144 valence electrons. The predicted octanol–water partition coefficient (Wildman–Crippen LogP) is 3.44. The third kappa shape index (κ3) is 4.08. The summed E-state index contributed by atoms with van der Waals surface area (Å²) in [5.41, 5.74) is 4.46. The van der Waals surface area contributed by atoms with Crippen molar-refractivity contribution < 1.29 is 0 Å². The lowest BCUT2D eigenvalue weighted by Crippen LogP contribution is -2.36. The van der Waals surface area contributed by atoms with E-state index in [1.54, 1.807) is 0 Å². The van der Waals surface area contributed by atoms with Gasteiger partial charge in [-0.05, 0) is 30.5 Å². The van der Waals surface area contributed by atoms with Crippen molar-refractivity contribution in [3.8, 4) is 0 Å². The molecule has 1 aliphatic heterocycles. The normalized spacial score (nSPS) is 18.3. The first kappa shape index (κ1) is 18.2. The van der Waals surface area contributed by atoms with Gasteiger partial charge in [0.1, 0.15) is 5.82 Å². The molecule has 4 rings (SSSR count). The van der Waals surface area contributed by atoms with E-state index in [1.165, 1.54) is 30.5 Å². The highest BCUT2D eigenvalue weighted by atomic mass is 16.1. The second kappa shape index (κ2) is 7.85. The number of aromatic amines is 1. The first-order valence-electron chi connectivity index (χ1n) is 10.2. The zero-order chi connectivity index (χ0) is 18.8. The van der Waals surface area contributed by atoms with Crippen LogP contribution in [-0.2, 0) is 19.5 Å². The van der Waals surface area contributed by atoms with Crippen LogP contribution in [0.1, 0.15) is 60.7 Å². The van der Waals surface area contributed by atoms with Gasteiger partial charge >= 0.3 is 0 Å². The van der Waals surface area contributed by atoms with E-state index < -0.39 is 0 Å². The topological polar surface area (TPSA) is 52.2 Å². The van der Waals surface area contributed by atoms with Gasteiger partial charge in [-0.1, -0.05) is 31.4 Å². The number of fused-ring (bicyclic) bond motifs is 1. The van der Waals surface area contributed by atoms with Gasteiger partial charge in [0.25, 0.3) is 5.56 Å². The second-order valence-corrected chi connectivity index (χ2v) is 8.23. The van der Waals surface area contributed by atoms with Gasteiger partial charge in [-0.25, -0.2) is 4.98 Å². The molecule has 0 bridgehead atoms. The van der Waals surface area contributed by atoms with E-state index in [0.29, 0.717) is 12.5 Å². The minimum atomic E-state index is 0.0771. The largest absolute Gasteiger partial charge is 0.378 e. The Bertz CT molecular complexity index is 834. The molecule has 0 spiro atoms. The molecule has 0 radical (unpaired) electrons. The van der Waals surface area contributed by atoms with E-state index >= 15 is 0 Å². The van der Waals surface area contributed by atoms with E-state index in [9.17, 15) is 4.79 Å². The van der Waals surface area contributed by atoms with Crippen molar-refractivity contribution in [3.63, 3.8) is 0 Å². The monoisotopic (exact) mass is 366 g/mol. The summed E-state index contributed by atoms with van der Waals surface area (Å²) in [6, 6.07) is 8.66. The van der Waals surface area contributed by atoms with Crippen LogP contribution in [-0.4, -0.2) is 35.5 Å². The number of benzene rings is 1. The average molecular weight is 367 g/mol. The number of anilines is 1. The first-order valence-corrected chi connectivity index (χ1v) is 10.2. The lowest BCUT2D eigenvalue weighted by atomic mass is 9.88. The molecular formula is C22H30N4O. The van der Waals surface area contributed by atoms with Gasteiger partial charge in [-0.2, -0.15) is 0 Å². The van der Waals surface area contributed by atoms with Crippen LogP contribution in [0.5, 0.6) is 0 Å². The van der Waals surface area contributed by atoms with Gasteiger partial charge in [0.15, 0.2) is 0 Å². The van der Waals surface area contributed by atoms with Crippen molar-refractivity contribution in [3.05, 3.63) is 57.3 Å². The summed E-state index contributed by atoms with van der Waals surface area (Å²) in [7, 11) is 4.11. The highest BCUT2D eigenvalue weighted by Gasteiger charge is 2.24. The SMILES string of the molecule is CN(C)c1ccc(CN2CCc3nc(C4CCCCC4)[nH]c(=O)c3C2)cc1. The summed E-state index contributed by atoms with van der Waals surface area (Å²) < 4.78 is 0. The zero-order valence-corrected chi connectivity index (χ0v) is 16.5. The molecule has 1 N–H and O–H groups in total. The first-order chi connectivity index (χ1) is 13.1. The number of rotatable bonds is 4. The predicted molar refractivity (Wildman–Crippen MR) is 109 cm³/mol. The summed E-state index contributed by atoms with van der Waals surface area (Å²) in [4.78, 5) is 25.2. The Morgan fingerprint density at radius 2 is 1.89 bits per heavy atom. The smallest absolute Gasteiger partial charge is 0.255 e. The highest BCUT2D eigenvalue weighted by molar-refractivity contribution is 5.46. The van der Waals surface area contributed by atoms with Crippen molar-refractivity contribution >= 4 is 5.69 Å². The minimum absolute atomic E-state index is 0.0771. The quantitative estimate of drug-likeness (QED) is 0.901. The van der Waals surface area contributed by atoms with Gasteiger partial charge in [-0.3, -0.25) is 9.69 Å². The molecule has 2 heterocycles. The van der Waals surface area contributed by atoms with E-state index in [0.717, 1.165) is 49.4 Å². The molecule has 0 amide bonds. The minimum Gasteiger partial charge on any atom is -0.378 e. The van der Waals surface area contributed by atoms with Gasteiger partial charge in [-0.15, -0.1) is 0 Å². The maximum Gasteiger partial charge on any atom is 0.255 e.